The van der Waals surface area contributed by atoms with Crippen LogP contribution < -0.4 is 29.3 Å². The summed E-state index contributed by atoms with van der Waals surface area (Å²) in [6.45, 7) is 2.79. The molecular weight excluding hydrogens is 386 g/mol. The maximum Gasteiger partial charge on any atom is 0.322 e. The first-order valence-corrected chi connectivity index (χ1v) is 9.75. The van der Waals surface area contributed by atoms with Gasteiger partial charge in [-0.2, -0.15) is 0 Å². The Morgan fingerprint density at radius 2 is 1.77 bits per heavy atom. The van der Waals surface area contributed by atoms with E-state index in [2.05, 4.69) is 5.32 Å². The number of ether oxygens (including phenoxy) is 3. The average molecular weight is 413 g/mol. The quantitative estimate of drug-likeness (QED) is 0.755. The number of hydrogen-bond acceptors (Lipinski definition) is 5. The Morgan fingerprint density at radius 1 is 1.07 bits per heavy atom. The molecule has 1 heterocycles. The minimum atomic E-state index is -0.287. The van der Waals surface area contributed by atoms with Crippen LogP contribution in [0.4, 0.5) is 16.2 Å². The standard InChI is InChI=1S/C22H27N3O5/c1-5-24(16-6-9-18(28-2)10-7-16)22(27)23-15-12-21(26)25(14-15)17-8-11-19(29-3)20(13-17)30-4/h6-11,13,15H,5,12,14H2,1-4H3,(H,23,27)/t15-/m0/s1. The number of benzene rings is 2. The minimum Gasteiger partial charge on any atom is -0.497 e. The number of rotatable bonds is 7. The highest BCUT2D eigenvalue weighted by atomic mass is 16.5. The summed E-state index contributed by atoms with van der Waals surface area (Å²) in [5.74, 6) is 1.81. The van der Waals surface area contributed by atoms with Crippen LogP contribution in [0.1, 0.15) is 13.3 Å². The summed E-state index contributed by atoms with van der Waals surface area (Å²) >= 11 is 0. The first-order chi connectivity index (χ1) is 14.5. The molecule has 1 N–H and O–H groups in total. The fourth-order valence-electron chi connectivity index (χ4n) is 3.50. The van der Waals surface area contributed by atoms with Gasteiger partial charge in [-0.25, -0.2) is 4.79 Å². The van der Waals surface area contributed by atoms with Gasteiger partial charge in [0.2, 0.25) is 5.91 Å². The van der Waals surface area contributed by atoms with Crippen molar-refractivity contribution in [2.45, 2.75) is 19.4 Å². The monoisotopic (exact) mass is 413 g/mol. The average Bonchev–Trinajstić information content (AvgIpc) is 3.13. The van der Waals surface area contributed by atoms with Gasteiger partial charge in [0.05, 0.1) is 27.4 Å². The Balaban J connectivity index is 1.69. The first-order valence-electron chi connectivity index (χ1n) is 9.75. The molecule has 0 radical (unpaired) electrons. The van der Waals surface area contributed by atoms with E-state index < -0.39 is 0 Å². The molecule has 0 spiro atoms. The zero-order valence-corrected chi connectivity index (χ0v) is 17.7. The molecule has 1 fully saturated rings. The lowest BCUT2D eigenvalue weighted by atomic mass is 10.2. The van der Waals surface area contributed by atoms with Crippen LogP contribution >= 0.6 is 0 Å². The lowest BCUT2D eigenvalue weighted by Crippen LogP contribution is -2.46. The molecule has 0 unspecified atom stereocenters. The second-order valence-electron chi connectivity index (χ2n) is 6.84. The van der Waals surface area contributed by atoms with Crippen molar-refractivity contribution in [2.24, 2.45) is 0 Å². The number of nitrogens with one attached hydrogen (secondary N) is 1. The zero-order chi connectivity index (χ0) is 21.7. The number of hydrogen-bond donors (Lipinski definition) is 1. The van der Waals surface area contributed by atoms with Crippen LogP contribution in [0.15, 0.2) is 42.5 Å². The van der Waals surface area contributed by atoms with Gasteiger partial charge in [-0.3, -0.25) is 9.69 Å². The van der Waals surface area contributed by atoms with Crippen LogP contribution in [0, 0.1) is 0 Å². The molecule has 2 aromatic rings. The van der Waals surface area contributed by atoms with Gasteiger partial charge < -0.3 is 24.4 Å². The Morgan fingerprint density at radius 3 is 2.37 bits per heavy atom. The summed E-state index contributed by atoms with van der Waals surface area (Å²) in [5.41, 5.74) is 1.47. The van der Waals surface area contributed by atoms with Gasteiger partial charge in [0.15, 0.2) is 11.5 Å². The Hall–Kier alpha value is -3.42. The topological polar surface area (TPSA) is 80.3 Å². The lowest BCUT2D eigenvalue weighted by Gasteiger charge is -2.24. The molecule has 3 rings (SSSR count). The molecular formula is C22H27N3O5. The van der Waals surface area contributed by atoms with Crippen LogP contribution in [0.2, 0.25) is 0 Å². The third kappa shape index (κ3) is 4.42. The van der Waals surface area contributed by atoms with Crippen molar-refractivity contribution in [1.82, 2.24) is 5.32 Å². The number of nitrogens with zero attached hydrogens (tertiary/aromatic N) is 2. The molecule has 1 aliphatic heterocycles. The summed E-state index contributed by atoms with van der Waals surface area (Å²) in [7, 11) is 4.71. The maximum absolute atomic E-state index is 12.8. The molecule has 8 nitrogen and oxygen atoms in total. The Kier molecular flexibility index (Phi) is 6.66. The fraction of sp³-hybridized carbons (Fsp3) is 0.364. The van der Waals surface area contributed by atoms with Crippen molar-refractivity contribution in [3.63, 3.8) is 0 Å². The molecule has 1 atom stereocenters. The summed E-state index contributed by atoms with van der Waals surface area (Å²) in [6.07, 6.45) is 0.236. The van der Waals surface area contributed by atoms with E-state index in [1.54, 1.807) is 49.3 Å². The molecule has 0 aromatic heterocycles. The van der Waals surface area contributed by atoms with E-state index in [0.29, 0.717) is 30.3 Å². The van der Waals surface area contributed by atoms with Gasteiger partial charge in [0.1, 0.15) is 5.75 Å². The van der Waals surface area contributed by atoms with Crippen LogP contribution in [0.25, 0.3) is 0 Å². The summed E-state index contributed by atoms with van der Waals surface area (Å²) in [5, 5.41) is 2.98. The number of carbonyl (C=O) groups excluding carboxylic acids is 2. The molecule has 0 bridgehead atoms. The normalized spacial score (nSPS) is 15.7. The van der Waals surface area contributed by atoms with Gasteiger partial charge in [-0.15, -0.1) is 0 Å². The van der Waals surface area contributed by atoms with Crippen molar-refractivity contribution >= 4 is 23.3 Å². The third-order valence-electron chi connectivity index (χ3n) is 5.08. The van der Waals surface area contributed by atoms with Gasteiger partial charge >= 0.3 is 6.03 Å². The van der Waals surface area contributed by atoms with E-state index >= 15 is 0 Å². The van der Waals surface area contributed by atoms with Gasteiger partial charge in [0, 0.05) is 37.0 Å². The summed E-state index contributed by atoms with van der Waals surface area (Å²) in [6, 6.07) is 12.1. The second-order valence-corrected chi connectivity index (χ2v) is 6.84. The zero-order valence-electron chi connectivity index (χ0n) is 17.7. The van der Waals surface area contributed by atoms with Crippen molar-refractivity contribution in [1.29, 1.82) is 0 Å². The smallest absolute Gasteiger partial charge is 0.322 e. The van der Waals surface area contributed by atoms with Crippen LogP contribution in [0.3, 0.4) is 0 Å². The molecule has 8 heteroatoms. The molecule has 1 aliphatic rings. The van der Waals surface area contributed by atoms with E-state index in [4.69, 9.17) is 14.2 Å². The lowest BCUT2D eigenvalue weighted by molar-refractivity contribution is -0.117. The molecule has 1 saturated heterocycles. The molecule has 30 heavy (non-hydrogen) atoms. The highest BCUT2D eigenvalue weighted by Crippen LogP contribution is 2.33. The van der Waals surface area contributed by atoms with Crippen LogP contribution in [0.5, 0.6) is 17.2 Å². The van der Waals surface area contributed by atoms with Gasteiger partial charge in [-0.1, -0.05) is 0 Å². The predicted molar refractivity (Wildman–Crippen MR) is 115 cm³/mol. The Bertz CT molecular complexity index is 900. The third-order valence-corrected chi connectivity index (χ3v) is 5.08. The number of amides is 3. The van der Waals surface area contributed by atoms with Crippen molar-refractivity contribution in [3.8, 4) is 17.2 Å². The number of methoxy groups -OCH3 is 3. The van der Waals surface area contributed by atoms with E-state index in [0.717, 1.165) is 11.4 Å². The van der Waals surface area contributed by atoms with Gasteiger partial charge in [0.25, 0.3) is 0 Å². The molecule has 3 amide bonds. The largest absolute Gasteiger partial charge is 0.497 e. The second kappa shape index (κ2) is 9.39. The predicted octanol–water partition coefficient (Wildman–Crippen LogP) is 3.05. The van der Waals surface area contributed by atoms with Crippen molar-refractivity contribution in [3.05, 3.63) is 42.5 Å². The fourth-order valence-corrected chi connectivity index (χ4v) is 3.50. The molecule has 2 aromatic carbocycles. The summed E-state index contributed by atoms with van der Waals surface area (Å²) in [4.78, 5) is 28.7. The van der Waals surface area contributed by atoms with Crippen molar-refractivity contribution in [2.75, 3.05) is 44.2 Å². The highest BCUT2D eigenvalue weighted by Gasteiger charge is 2.33. The first kappa shape index (κ1) is 21.3. The number of carbonyl (C=O) groups is 2. The van der Waals surface area contributed by atoms with E-state index in [1.165, 1.54) is 0 Å². The molecule has 0 saturated carbocycles. The molecule has 160 valence electrons. The molecule has 0 aliphatic carbocycles. The highest BCUT2D eigenvalue weighted by molar-refractivity contribution is 5.98. The Labute approximate surface area is 176 Å². The van der Waals surface area contributed by atoms with Crippen molar-refractivity contribution < 1.29 is 23.8 Å². The van der Waals surface area contributed by atoms with E-state index in [1.807, 2.05) is 31.2 Å². The van der Waals surface area contributed by atoms with E-state index in [-0.39, 0.29) is 24.4 Å². The van der Waals surface area contributed by atoms with Crippen LogP contribution in [-0.2, 0) is 4.79 Å². The van der Waals surface area contributed by atoms with Gasteiger partial charge in [-0.05, 0) is 43.3 Å². The summed E-state index contributed by atoms with van der Waals surface area (Å²) < 4.78 is 15.7. The SMILES string of the molecule is CCN(C(=O)N[C@H]1CC(=O)N(c2ccc(OC)c(OC)c2)C1)c1ccc(OC)cc1. The number of anilines is 2. The minimum absolute atomic E-state index is 0.0555. The maximum atomic E-state index is 12.8. The number of urea groups is 1. The van der Waals surface area contributed by atoms with Crippen LogP contribution in [-0.4, -0.2) is 52.4 Å². The van der Waals surface area contributed by atoms with E-state index in [9.17, 15) is 9.59 Å².